The number of amides is 1. The van der Waals surface area contributed by atoms with E-state index in [-0.39, 0.29) is 12.5 Å². The molecule has 2 aromatic rings. The highest BCUT2D eigenvalue weighted by molar-refractivity contribution is 5.79. The van der Waals surface area contributed by atoms with E-state index < -0.39 is 5.76 Å². The Bertz CT molecular complexity index is 553. The lowest BCUT2D eigenvalue weighted by Gasteiger charge is -1.99. The summed E-state index contributed by atoms with van der Waals surface area (Å²) in [6, 6.07) is 6.99. The smallest absolute Gasteiger partial charge is 0.408 e. The number of carbonyl (C=O) groups excluding carboxylic acids is 1. The van der Waals surface area contributed by atoms with Gasteiger partial charge in [-0.1, -0.05) is 12.1 Å². The van der Waals surface area contributed by atoms with Gasteiger partial charge in [0.2, 0.25) is 5.91 Å². The zero-order chi connectivity index (χ0) is 10.8. The van der Waals surface area contributed by atoms with E-state index in [0.717, 1.165) is 0 Å². The number of nitrogens with one attached hydrogen (secondary N) is 1. The molecular formula is C10H10N2O3. The summed E-state index contributed by atoms with van der Waals surface area (Å²) < 4.78 is 6.27. The van der Waals surface area contributed by atoms with Crippen molar-refractivity contribution in [1.29, 1.82) is 0 Å². The molecule has 0 unspecified atom stereocenters. The van der Waals surface area contributed by atoms with Crippen LogP contribution in [-0.4, -0.2) is 17.5 Å². The van der Waals surface area contributed by atoms with E-state index in [0.29, 0.717) is 11.1 Å². The normalized spacial score (nSPS) is 10.5. The molecule has 5 heteroatoms. The van der Waals surface area contributed by atoms with E-state index >= 15 is 0 Å². The summed E-state index contributed by atoms with van der Waals surface area (Å²) in [5.74, 6) is -0.747. The molecule has 0 bridgehead atoms. The van der Waals surface area contributed by atoms with Crippen molar-refractivity contribution >= 4 is 17.0 Å². The summed E-state index contributed by atoms with van der Waals surface area (Å²) in [5, 5.41) is 2.45. The van der Waals surface area contributed by atoms with Crippen LogP contribution in [0.1, 0.15) is 0 Å². The summed E-state index contributed by atoms with van der Waals surface area (Å²) in [4.78, 5) is 22.6. The molecule has 0 radical (unpaired) electrons. The lowest BCUT2D eigenvalue weighted by molar-refractivity contribution is -0.121. The van der Waals surface area contributed by atoms with Gasteiger partial charge in [0.15, 0.2) is 5.58 Å². The molecule has 0 aliphatic carbocycles. The van der Waals surface area contributed by atoms with Crippen molar-refractivity contribution in [3.8, 4) is 0 Å². The first-order chi connectivity index (χ1) is 7.22. The van der Waals surface area contributed by atoms with Gasteiger partial charge in [-0.15, -0.1) is 0 Å². The lowest BCUT2D eigenvalue weighted by atomic mass is 10.3. The summed E-state index contributed by atoms with van der Waals surface area (Å²) in [6.45, 7) is -0.0215. The molecule has 1 N–H and O–H groups in total. The van der Waals surface area contributed by atoms with Crippen LogP contribution in [0.5, 0.6) is 0 Å². The molecule has 0 aliphatic heterocycles. The van der Waals surface area contributed by atoms with Crippen molar-refractivity contribution < 1.29 is 9.21 Å². The number of carbonyl (C=O) groups is 1. The molecular weight excluding hydrogens is 196 g/mol. The molecule has 0 saturated heterocycles. The van der Waals surface area contributed by atoms with Crippen LogP contribution in [0.3, 0.4) is 0 Å². The fourth-order valence-corrected chi connectivity index (χ4v) is 1.39. The van der Waals surface area contributed by atoms with Gasteiger partial charge in [-0.2, -0.15) is 0 Å². The lowest BCUT2D eigenvalue weighted by Crippen LogP contribution is -2.27. The highest BCUT2D eigenvalue weighted by atomic mass is 16.4. The van der Waals surface area contributed by atoms with Gasteiger partial charge in [-0.05, 0) is 12.1 Å². The Balaban J connectivity index is 2.54. The number of aromatic nitrogens is 1. The highest BCUT2D eigenvalue weighted by Gasteiger charge is 2.10. The van der Waals surface area contributed by atoms with Gasteiger partial charge in [0.1, 0.15) is 6.54 Å². The number of rotatable bonds is 2. The van der Waals surface area contributed by atoms with E-state index in [2.05, 4.69) is 5.32 Å². The van der Waals surface area contributed by atoms with E-state index in [9.17, 15) is 9.59 Å². The zero-order valence-electron chi connectivity index (χ0n) is 8.19. The van der Waals surface area contributed by atoms with Gasteiger partial charge >= 0.3 is 5.76 Å². The molecule has 0 spiro atoms. The first kappa shape index (κ1) is 9.51. The van der Waals surface area contributed by atoms with E-state index in [4.69, 9.17) is 4.42 Å². The maximum absolute atomic E-state index is 11.4. The molecule has 1 heterocycles. The molecule has 0 saturated carbocycles. The third-order valence-corrected chi connectivity index (χ3v) is 2.15. The number of fused-ring (bicyclic) bond motifs is 1. The number of oxazole rings is 1. The number of benzene rings is 1. The highest BCUT2D eigenvalue weighted by Crippen LogP contribution is 2.11. The molecule has 0 fully saturated rings. The number of hydrogen-bond acceptors (Lipinski definition) is 3. The second-order valence-electron chi connectivity index (χ2n) is 3.10. The van der Waals surface area contributed by atoms with Crippen LogP contribution in [0.25, 0.3) is 11.1 Å². The quantitative estimate of drug-likeness (QED) is 0.770. The first-order valence-corrected chi connectivity index (χ1v) is 4.51. The SMILES string of the molecule is CNC(=O)Cn1c(=O)oc2ccccc21. The predicted octanol–water partition coefficient (Wildman–Crippen LogP) is 0.340. The van der Waals surface area contributed by atoms with E-state index in [1.807, 2.05) is 0 Å². The van der Waals surface area contributed by atoms with Crippen molar-refractivity contribution in [3.05, 3.63) is 34.8 Å². The van der Waals surface area contributed by atoms with Crippen LogP contribution >= 0.6 is 0 Å². The van der Waals surface area contributed by atoms with Crippen LogP contribution < -0.4 is 11.1 Å². The average Bonchev–Trinajstić information content (AvgIpc) is 2.55. The Morgan fingerprint density at radius 3 is 2.93 bits per heavy atom. The molecule has 0 atom stereocenters. The molecule has 78 valence electrons. The second-order valence-corrected chi connectivity index (χ2v) is 3.10. The minimum Gasteiger partial charge on any atom is -0.408 e. The summed E-state index contributed by atoms with van der Waals surface area (Å²) in [7, 11) is 1.52. The van der Waals surface area contributed by atoms with Gasteiger partial charge in [-0.25, -0.2) is 4.79 Å². The minimum atomic E-state index is -0.514. The minimum absolute atomic E-state index is 0.0215. The maximum Gasteiger partial charge on any atom is 0.420 e. The standard InChI is InChI=1S/C10H10N2O3/c1-11-9(13)6-12-7-4-2-3-5-8(7)15-10(12)14/h2-5H,6H2,1H3,(H,11,13). The van der Waals surface area contributed by atoms with Crippen molar-refractivity contribution in [1.82, 2.24) is 9.88 Å². The van der Waals surface area contributed by atoms with Gasteiger partial charge < -0.3 is 9.73 Å². The van der Waals surface area contributed by atoms with E-state index in [1.54, 1.807) is 24.3 Å². The van der Waals surface area contributed by atoms with Crippen molar-refractivity contribution in [2.24, 2.45) is 0 Å². The summed E-state index contributed by atoms with van der Waals surface area (Å²) in [5.41, 5.74) is 1.12. The molecule has 1 amide bonds. The Morgan fingerprint density at radius 2 is 2.20 bits per heavy atom. The van der Waals surface area contributed by atoms with Gasteiger partial charge in [0, 0.05) is 7.05 Å². The topological polar surface area (TPSA) is 64.2 Å². The molecule has 2 rings (SSSR count). The first-order valence-electron chi connectivity index (χ1n) is 4.51. The van der Waals surface area contributed by atoms with Crippen LogP contribution in [0.15, 0.2) is 33.5 Å². The molecule has 1 aromatic heterocycles. The van der Waals surface area contributed by atoms with Crippen molar-refractivity contribution in [2.45, 2.75) is 6.54 Å². The van der Waals surface area contributed by atoms with Gasteiger partial charge in [0.25, 0.3) is 0 Å². The monoisotopic (exact) mass is 206 g/mol. The fourth-order valence-electron chi connectivity index (χ4n) is 1.39. The third-order valence-electron chi connectivity index (χ3n) is 2.15. The molecule has 5 nitrogen and oxygen atoms in total. The van der Waals surface area contributed by atoms with Crippen LogP contribution in [-0.2, 0) is 11.3 Å². The Hall–Kier alpha value is -2.04. The number of likely N-dealkylation sites (N-methyl/N-ethyl adjacent to an activating group) is 1. The van der Waals surface area contributed by atoms with Crippen LogP contribution in [0.2, 0.25) is 0 Å². The Morgan fingerprint density at radius 1 is 1.47 bits per heavy atom. The van der Waals surface area contributed by atoms with Gasteiger partial charge in [0.05, 0.1) is 5.52 Å². The zero-order valence-corrected chi connectivity index (χ0v) is 8.19. The molecule has 0 aliphatic rings. The number of nitrogens with zero attached hydrogens (tertiary/aromatic N) is 1. The van der Waals surface area contributed by atoms with Gasteiger partial charge in [-0.3, -0.25) is 9.36 Å². The molecule has 15 heavy (non-hydrogen) atoms. The third kappa shape index (κ3) is 1.63. The van der Waals surface area contributed by atoms with Crippen molar-refractivity contribution in [3.63, 3.8) is 0 Å². The van der Waals surface area contributed by atoms with Crippen LogP contribution in [0, 0.1) is 0 Å². The fraction of sp³-hybridized carbons (Fsp3) is 0.200. The Labute approximate surface area is 85.3 Å². The maximum atomic E-state index is 11.4. The summed E-state index contributed by atoms with van der Waals surface area (Å²) >= 11 is 0. The Kier molecular flexibility index (Phi) is 2.29. The van der Waals surface area contributed by atoms with Crippen LogP contribution in [0.4, 0.5) is 0 Å². The number of para-hydroxylation sites is 2. The summed E-state index contributed by atoms with van der Waals surface area (Å²) in [6.07, 6.45) is 0. The largest absolute Gasteiger partial charge is 0.420 e. The second kappa shape index (κ2) is 3.61. The number of hydrogen-bond donors (Lipinski definition) is 1. The predicted molar refractivity (Wildman–Crippen MR) is 54.5 cm³/mol. The van der Waals surface area contributed by atoms with E-state index in [1.165, 1.54) is 11.6 Å². The molecule has 1 aromatic carbocycles. The average molecular weight is 206 g/mol. The van der Waals surface area contributed by atoms with Crippen molar-refractivity contribution in [2.75, 3.05) is 7.05 Å².